The second-order valence-corrected chi connectivity index (χ2v) is 7.49. The van der Waals surface area contributed by atoms with Gasteiger partial charge < -0.3 is 19.3 Å². The van der Waals surface area contributed by atoms with Crippen molar-refractivity contribution < 1.29 is 9.47 Å². The van der Waals surface area contributed by atoms with Crippen LogP contribution in [0.3, 0.4) is 0 Å². The van der Waals surface area contributed by atoms with E-state index in [1.165, 1.54) is 49.0 Å². The first-order valence-corrected chi connectivity index (χ1v) is 10.6. The Bertz CT molecular complexity index is 722. The molecule has 2 aromatic carbocycles. The molecule has 0 radical (unpaired) electrons. The first-order chi connectivity index (χ1) is 13.7. The smallest absolute Gasteiger partial charge is 0.162 e. The Kier molecular flexibility index (Phi) is 7.46. The van der Waals surface area contributed by atoms with Crippen molar-refractivity contribution in [2.24, 2.45) is 0 Å². The van der Waals surface area contributed by atoms with Crippen LogP contribution in [0.5, 0.6) is 11.5 Å². The predicted octanol–water partition coefficient (Wildman–Crippen LogP) is 5.15. The molecular formula is C24H34N2O2. The van der Waals surface area contributed by atoms with Gasteiger partial charge in [-0.25, -0.2) is 0 Å². The highest BCUT2D eigenvalue weighted by Crippen LogP contribution is 2.32. The van der Waals surface area contributed by atoms with E-state index in [4.69, 9.17) is 9.47 Å². The van der Waals surface area contributed by atoms with Crippen LogP contribution >= 0.6 is 0 Å². The highest BCUT2D eigenvalue weighted by Gasteiger charge is 2.18. The molecule has 152 valence electrons. The molecular weight excluding hydrogens is 348 g/mol. The third-order valence-corrected chi connectivity index (χ3v) is 5.63. The van der Waals surface area contributed by atoms with E-state index in [9.17, 15) is 0 Å². The highest BCUT2D eigenvalue weighted by molar-refractivity contribution is 5.58. The van der Waals surface area contributed by atoms with Crippen LogP contribution in [0.4, 0.5) is 11.4 Å². The van der Waals surface area contributed by atoms with Crippen molar-refractivity contribution in [2.45, 2.75) is 39.0 Å². The number of benzene rings is 2. The molecule has 0 aromatic heterocycles. The normalized spacial score (nSPS) is 14.2. The van der Waals surface area contributed by atoms with Gasteiger partial charge in [0.25, 0.3) is 0 Å². The number of hydrogen-bond donors (Lipinski definition) is 0. The summed E-state index contributed by atoms with van der Waals surface area (Å²) in [5.74, 6) is 1.57. The third kappa shape index (κ3) is 5.12. The lowest BCUT2D eigenvalue weighted by Gasteiger charge is -2.37. The maximum absolute atomic E-state index is 5.45. The minimum absolute atomic E-state index is 0.777. The molecule has 0 bridgehead atoms. The summed E-state index contributed by atoms with van der Waals surface area (Å²) < 4.78 is 10.8. The molecule has 0 saturated carbocycles. The van der Waals surface area contributed by atoms with Crippen molar-refractivity contribution >= 4 is 11.4 Å². The van der Waals surface area contributed by atoms with E-state index in [1.807, 2.05) is 6.07 Å². The molecule has 4 nitrogen and oxygen atoms in total. The fraction of sp³-hybridized carbons (Fsp3) is 0.500. The van der Waals surface area contributed by atoms with Crippen molar-refractivity contribution in [3.63, 3.8) is 0 Å². The number of hydrogen-bond acceptors (Lipinski definition) is 4. The zero-order valence-corrected chi connectivity index (χ0v) is 17.6. The highest BCUT2D eigenvalue weighted by atomic mass is 16.5. The molecule has 0 spiro atoms. The van der Waals surface area contributed by atoms with Crippen molar-refractivity contribution in [3.05, 3.63) is 48.0 Å². The van der Waals surface area contributed by atoms with Gasteiger partial charge in [-0.3, -0.25) is 0 Å². The van der Waals surface area contributed by atoms with E-state index in [1.54, 1.807) is 14.2 Å². The van der Waals surface area contributed by atoms with Crippen LogP contribution in [0.2, 0.25) is 0 Å². The number of piperazine rings is 1. The fourth-order valence-electron chi connectivity index (χ4n) is 3.87. The minimum Gasteiger partial charge on any atom is -0.493 e. The minimum atomic E-state index is 0.777. The zero-order valence-electron chi connectivity index (χ0n) is 17.6. The second-order valence-electron chi connectivity index (χ2n) is 7.49. The monoisotopic (exact) mass is 382 g/mol. The molecule has 0 aliphatic carbocycles. The van der Waals surface area contributed by atoms with E-state index in [-0.39, 0.29) is 0 Å². The third-order valence-electron chi connectivity index (χ3n) is 5.63. The number of rotatable bonds is 9. The van der Waals surface area contributed by atoms with Crippen LogP contribution in [-0.4, -0.2) is 40.4 Å². The molecule has 1 aliphatic rings. The SMILES string of the molecule is CCCCCCc1ccc(N2CCN(c3ccc(OC)c(OC)c3)CC2)cc1. The lowest BCUT2D eigenvalue weighted by atomic mass is 10.1. The number of ether oxygens (including phenoxy) is 2. The van der Waals surface area contributed by atoms with Crippen molar-refractivity contribution in [1.29, 1.82) is 0 Å². The average molecular weight is 383 g/mol. The van der Waals surface area contributed by atoms with E-state index in [2.05, 4.69) is 53.1 Å². The number of unbranched alkanes of at least 4 members (excludes halogenated alkanes) is 3. The number of anilines is 2. The van der Waals surface area contributed by atoms with Crippen LogP contribution in [0, 0.1) is 0 Å². The number of aryl methyl sites for hydroxylation is 1. The van der Waals surface area contributed by atoms with Gasteiger partial charge in [-0.15, -0.1) is 0 Å². The standard InChI is InChI=1S/C24H34N2O2/c1-4-5-6-7-8-20-9-11-21(12-10-20)25-15-17-26(18-16-25)22-13-14-23(27-2)24(19-22)28-3/h9-14,19H,4-8,15-18H2,1-3H3. The molecule has 0 amide bonds. The van der Waals surface area contributed by atoms with Gasteiger partial charge in [0, 0.05) is 43.6 Å². The molecule has 28 heavy (non-hydrogen) atoms. The molecule has 4 heteroatoms. The quantitative estimate of drug-likeness (QED) is 0.560. The molecule has 1 fully saturated rings. The van der Waals surface area contributed by atoms with Gasteiger partial charge >= 0.3 is 0 Å². The molecule has 1 aliphatic heterocycles. The van der Waals surface area contributed by atoms with Crippen LogP contribution < -0.4 is 19.3 Å². The van der Waals surface area contributed by atoms with Gasteiger partial charge in [-0.05, 0) is 42.7 Å². The van der Waals surface area contributed by atoms with Crippen LogP contribution in [-0.2, 0) is 6.42 Å². The van der Waals surface area contributed by atoms with E-state index < -0.39 is 0 Å². The fourth-order valence-corrected chi connectivity index (χ4v) is 3.87. The maximum atomic E-state index is 5.45. The molecule has 2 aromatic rings. The van der Waals surface area contributed by atoms with Crippen LogP contribution in [0.1, 0.15) is 38.2 Å². The van der Waals surface area contributed by atoms with E-state index >= 15 is 0 Å². The van der Waals surface area contributed by atoms with E-state index in [0.717, 1.165) is 37.7 Å². The second kappa shape index (κ2) is 10.3. The Morgan fingerprint density at radius 3 is 1.93 bits per heavy atom. The average Bonchev–Trinajstić information content (AvgIpc) is 2.77. The largest absolute Gasteiger partial charge is 0.493 e. The molecule has 0 atom stereocenters. The Balaban J connectivity index is 1.53. The lowest BCUT2D eigenvalue weighted by Crippen LogP contribution is -2.46. The van der Waals surface area contributed by atoms with Crippen LogP contribution in [0.15, 0.2) is 42.5 Å². The topological polar surface area (TPSA) is 24.9 Å². The Labute approximate surface area is 170 Å². The summed E-state index contributed by atoms with van der Waals surface area (Å²) in [5, 5.41) is 0. The molecule has 3 rings (SSSR count). The Morgan fingerprint density at radius 1 is 0.714 bits per heavy atom. The summed E-state index contributed by atoms with van der Waals surface area (Å²) >= 11 is 0. The van der Waals surface area contributed by atoms with Crippen molar-refractivity contribution in [1.82, 2.24) is 0 Å². The van der Waals surface area contributed by atoms with Gasteiger partial charge in [0.05, 0.1) is 14.2 Å². The van der Waals surface area contributed by atoms with Crippen molar-refractivity contribution in [3.8, 4) is 11.5 Å². The lowest BCUT2D eigenvalue weighted by molar-refractivity contribution is 0.355. The van der Waals surface area contributed by atoms with Gasteiger partial charge in [0.1, 0.15) is 0 Å². The van der Waals surface area contributed by atoms with Crippen molar-refractivity contribution in [2.75, 3.05) is 50.2 Å². The first kappa shape index (κ1) is 20.4. The van der Waals surface area contributed by atoms with Crippen LogP contribution in [0.25, 0.3) is 0 Å². The number of nitrogens with zero attached hydrogens (tertiary/aromatic N) is 2. The zero-order chi connectivity index (χ0) is 19.8. The first-order valence-electron chi connectivity index (χ1n) is 10.6. The summed E-state index contributed by atoms with van der Waals surface area (Å²) in [5.41, 5.74) is 3.99. The Hall–Kier alpha value is -2.36. The summed E-state index contributed by atoms with van der Waals surface area (Å²) in [4.78, 5) is 4.90. The molecule has 1 heterocycles. The summed E-state index contributed by atoms with van der Waals surface area (Å²) in [6.45, 7) is 6.34. The summed E-state index contributed by atoms with van der Waals surface area (Å²) in [6.07, 6.45) is 6.50. The van der Waals surface area contributed by atoms with Gasteiger partial charge in [-0.2, -0.15) is 0 Å². The number of methoxy groups -OCH3 is 2. The Morgan fingerprint density at radius 2 is 1.32 bits per heavy atom. The predicted molar refractivity (Wildman–Crippen MR) is 118 cm³/mol. The summed E-state index contributed by atoms with van der Waals surface area (Å²) in [7, 11) is 3.36. The molecule has 1 saturated heterocycles. The van der Waals surface area contributed by atoms with Gasteiger partial charge in [-0.1, -0.05) is 38.3 Å². The van der Waals surface area contributed by atoms with Gasteiger partial charge in [0.15, 0.2) is 11.5 Å². The van der Waals surface area contributed by atoms with E-state index in [0.29, 0.717) is 0 Å². The molecule has 0 N–H and O–H groups in total. The van der Waals surface area contributed by atoms with Gasteiger partial charge in [0.2, 0.25) is 0 Å². The maximum Gasteiger partial charge on any atom is 0.162 e. The summed E-state index contributed by atoms with van der Waals surface area (Å²) in [6, 6.07) is 15.4. The molecule has 0 unspecified atom stereocenters.